The van der Waals surface area contributed by atoms with Gasteiger partial charge in [0.05, 0.1) is 7.11 Å². The number of hydrogen-bond acceptors (Lipinski definition) is 3. The van der Waals surface area contributed by atoms with Crippen molar-refractivity contribution >= 4 is 17.7 Å². The molecule has 0 aliphatic rings. The highest BCUT2D eigenvalue weighted by atomic mass is 32.2. The van der Waals surface area contributed by atoms with Crippen LogP contribution in [0.25, 0.3) is 0 Å². The van der Waals surface area contributed by atoms with E-state index < -0.39 is 0 Å². The molecular weight excluding hydrogens is 270 g/mol. The minimum Gasteiger partial charge on any atom is -0.497 e. The Bertz CT molecular complexity index is 446. The largest absolute Gasteiger partial charge is 0.497 e. The van der Waals surface area contributed by atoms with Gasteiger partial charge in [0.1, 0.15) is 5.75 Å². The Balaban J connectivity index is 2.49. The second kappa shape index (κ2) is 8.04. The molecule has 5 heteroatoms. The van der Waals surface area contributed by atoms with Crippen molar-refractivity contribution in [3.05, 3.63) is 29.8 Å². The maximum absolute atomic E-state index is 5.22. The second-order valence-corrected chi connectivity index (χ2v) is 6.61. The average molecular weight is 295 g/mol. The van der Waals surface area contributed by atoms with Gasteiger partial charge in [-0.15, -0.1) is 0 Å². The molecule has 1 aromatic rings. The molecule has 0 spiro atoms. The Hall–Kier alpha value is -1.36. The molecule has 0 fully saturated rings. The minimum absolute atomic E-state index is 0.188. The summed E-state index contributed by atoms with van der Waals surface area (Å²) in [5.41, 5.74) is 1.16. The molecule has 4 nitrogen and oxygen atoms in total. The van der Waals surface area contributed by atoms with E-state index in [2.05, 4.69) is 41.8 Å². The third-order valence-electron chi connectivity index (χ3n) is 3.05. The van der Waals surface area contributed by atoms with Crippen molar-refractivity contribution in [3.8, 4) is 5.75 Å². The zero-order chi connectivity index (χ0) is 15.0. The van der Waals surface area contributed by atoms with Gasteiger partial charge in [0, 0.05) is 24.9 Å². The van der Waals surface area contributed by atoms with Crippen molar-refractivity contribution in [1.29, 1.82) is 0 Å². The molecule has 0 aliphatic carbocycles. The zero-order valence-electron chi connectivity index (χ0n) is 13.0. The zero-order valence-corrected chi connectivity index (χ0v) is 13.8. The van der Waals surface area contributed by atoms with Gasteiger partial charge in [0.25, 0.3) is 0 Å². The van der Waals surface area contributed by atoms with Crippen LogP contribution in [0.5, 0.6) is 5.75 Å². The molecule has 1 rings (SSSR count). The SMILES string of the molecule is CN=C(NCc1cccc(OC)c1)NCC(C)(C)SC. The first kappa shape index (κ1) is 16.7. The van der Waals surface area contributed by atoms with Crippen molar-refractivity contribution in [3.63, 3.8) is 0 Å². The molecular formula is C15H25N3OS. The van der Waals surface area contributed by atoms with E-state index in [4.69, 9.17) is 4.74 Å². The van der Waals surface area contributed by atoms with E-state index in [1.165, 1.54) is 0 Å². The van der Waals surface area contributed by atoms with Gasteiger partial charge in [-0.1, -0.05) is 12.1 Å². The van der Waals surface area contributed by atoms with Crippen LogP contribution >= 0.6 is 11.8 Å². The van der Waals surface area contributed by atoms with Crippen LogP contribution in [0.2, 0.25) is 0 Å². The molecule has 0 aliphatic heterocycles. The fourth-order valence-electron chi connectivity index (χ4n) is 1.56. The molecule has 0 unspecified atom stereocenters. The summed E-state index contributed by atoms with van der Waals surface area (Å²) in [6.45, 7) is 6.00. The minimum atomic E-state index is 0.188. The van der Waals surface area contributed by atoms with Crippen LogP contribution in [0, 0.1) is 0 Å². The summed E-state index contributed by atoms with van der Waals surface area (Å²) in [7, 11) is 3.46. The van der Waals surface area contributed by atoms with E-state index >= 15 is 0 Å². The molecule has 0 amide bonds. The summed E-state index contributed by atoms with van der Waals surface area (Å²) < 4.78 is 5.41. The van der Waals surface area contributed by atoms with E-state index in [9.17, 15) is 0 Å². The van der Waals surface area contributed by atoms with Gasteiger partial charge in [-0.2, -0.15) is 11.8 Å². The number of nitrogens with zero attached hydrogens (tertiary/aromatic N) is 1. The standard InChI is InChI=1S/C15H25N3OS/c1-15(2,20-5)11-18-14(16-3)17-10-12-7-6-8-13(9-12)19-4/h6-9H,10-11H2,1-5H3,(H2,16,17,18). The Morgan fingerprint density at radius 1 is 1.35 bits per heavy atom. The first-order valence-electron chi connectivity index (χ1n) is 6.63. The molecule has 0 bridgehead atoms. The number of aliphatic imine (C=N–C) groups is 1. The lowest BCUT2D eigenvalue weighted by Gasteiger charge is -2.23. The number of methoxy groups -OCH3 is 1. The first-order chi connectivity index (χ1) is 9.50. The molecule has 0 saturated carbocycles. The van der Waals surface area contributed by atoms with Crippen molar-refractivity contribution in [2.24, 2.45) is 4.99 Å². The average Bonchev–Trinajstić information content (AvgIpc) is 2.47. The third-order valence-corrected chi connectivity index (χ3v) is 4.30. The van der Waals surface area contributed by atoms with Crippen LogP contribution in [0.15, 0.2) is 29.3 Å². The summed E-state index contributed by atoms with van der Waals surface area (Å²) in [4.78, 5) is 4.24. The van der Waals surface area contributed by atoms with Gasteiger partial charge in [0.2, 0.25) is 0 Å². The maximum Gasteiger partial charge on any atom is 0.191 e. The Labute approximate surface area is 126 Å². The lowest BCUT2D eigenvalue weighted by molar-refractivity contribution is 0.414. The molecule has 2 N–H and O–H groups in total. The van der Waals surface area contributed by atoms with Gasteiger partial charge in [-0.3, -0.25) is 4.99 Å². The highest BCUT2D eigenvalue weighted by Gasteiger charge is 2.15. The predicted molar refractivity (Wildman–Crippen MR) is 88.8 cm³/mol. The van der Waals surface area contributed by atoms with Gasteiger partial charge in [0.15, 0.2) is 5.96 Å². The summed E-state index contributed by atoms with van der Waals surface area (Å²) in [6.07, 6.45) is 2.12. The molecule has 0 heterocycles. The highest BCUT2D eigenvalue weighted by Crippen LogP contribution is 2.19. The summed E-state index contributed by atoms with van der Waals surface area (Å²) in [5.74, 6) is 1.69. The molecule has 20 heavy (non-hydrogen) atoms. The number of thioether (sulfide) groups is 1. The number of ether oxygens (including phenoxy) is 1. The topological polar surface area (TPSA) is 45.7 Å². The fourth-order valence-corrected chi connectivity index (χ4v) is 1.77. The van der Waals surface area contributed by atoms with Gasteiger partial charge < -0.3 is 15.4 Å². The Morgan fingerprint density at radius 2 is 2.10 bits per heavy atom. The van der Waals surface area contributed by atoms with Crippen LogP contribution < -0.4 is 15.4 Å². The summed E-state index contributed by atoms with van der Waals surface area (Å²) in [6, 6.07) is 8.02. The fraction of sp³-hybridized carbons (Fsp3) is 0.533. The van der Waals surface area contributed by atoms with Crippen LogP contribution in [0.4, 0.5) is 0 Å². The third kappa shape index (κ3) is 5.74. The molecule has 112 valence electrons. The second-order valence-electron chi connectivity index (χ2n) is 5.09. The van der Waals surface area contributed by atoms with E-state index in [-0.39, 0.29) is 4.75 Å². The molecule has 0 saturated heterocycles. The number of benzene rings is 1. The summed E-state index contributed by atoms with van der Waals surface area (Å²) in [5, 5.41) is 6.65. The van der Waals surface area contributed by atoms with Crippen molar-refractivity contribution in [2.45, 2.75) is 25.1 Å². The molecule has 0 atom stereocenters. The Morgan fingerprint density at radius 3 is 2.70 bits per heavy atom. The maximum atomic E-state index is 5.22. The van der Waals surface area contributed by atoms with Crippen molar-refractivity contribution in [1.82, 2.24) is 10.6 Å². The van der Waals surface area contributed by atoms with E-state index in [1.807, 2.05) is 30.0 Å². The monoisotopic (exact) mass is 295 g/mol. The van der Waals surface area contributed by atoms with E-state index in [0.717, 1.165) is 30.4 Å². The van der Waals surface area contributed by atoms with Gasteiger partial charge in [-0.05, 0) is 37.8 Å². The number of rotatable bonds is 6. The smallest absolute Gasteiger partial charge is 0.191 e. The molecule has 0 radical (unpaired) electrons. The molecule has 1 aromatic carbocycles. The lowest BCUT2D eigenvalue weighted by atomic mass is 10.2. The van der Waals surface area contributed by atoms with Crippen LogP contribution in [-0.2, 0) is 6.54 Å². The number of guanidine groups is 1. The lowest BCUT2D eigenvalue weighted by Crippen LogP contribution is -2.42. The number of nitrogens with one attached hydrogen (secondary N) is 2. The highest BCUT2D eigenvalue weighted by molar-refractivity contribution is 7.99. The van der Waals surface area contributed by atoms with Gasteiger partial charge >= 0.3 is 0 Å². The molecule has 0 aromatic heterocycles. The van der Waals surface area contributed by atoms with Gasteiger partial charge in [-0.25, -0.2) is 0 Å². The first-order valence-corrected chi connectivity index (χ1v) is 7.86. The van der Waals surface area contributed by atoms with Crippen molar-refractivity contribution < 1.29 is 4.74 Å². The summed E-state index contributed by atoms with van der Waals surface area (Å²) >= 11 is 1.84. The number of hydrogen-bond donors (Lipinski definition) is 2. The quantitative estimate of drug-likeness (QED) is 0.625. The van der Waals surface area contributed by atoms with Crippen LogP contribution in [0.3, 0.4) is 0 Å². The predicted octanol–water partition coefficient (Wildman–Crippen LogP) is 2.50. The van der Waals surface area contributed by atoms with Crippen LogP contribution in [0.1, 0.15) is 19.4 Å². The normalized spacial score (nSPS) is 12.2. The van der Waals surface area contributed by atoms with Crippen LogP contribution in [-0.4, -0.2) is 37.7 Å². The van der Waals surface area contributed by atoms with Crippen molar-refractivity contribution in [2.75, 3.05) is 27.0 Å². The van der Waals surface area contributed by atoms with E-state index in [1.54, 1.807) is 14.2 Å². The van der Waals surface area contributed by atoms with E-state index in [0.29, 0.717) is 0 Å². The Kier molecular flexibility index (Phi) is 6.71.